The van der Waals surface area contributed by atoms with E-state index in [0.717, 1.165) is 5.56 Å². The minimum absolute atomic E-state index is 0.0633. The van der Waals surface area contributed by atoms with Crippen LogP contribution in [0.4, 0.5) is 4.39 Å². The van der Waals surface area contributed by atoms with E-state index in [1.54, 1.807) is 48.5 Å². The lowest BCUT2D eigenvalue weighted by atomic mass is 9.87. The maximum Gasteiger partial charge on any atom is 0.343 e. The van der Waals surface area contributed by atoms with Crippen molar-refractivity contribution < 1.29 is 32.9 Å². The summed E-state index contributed by atoms with van der Waals surface area (Å²) in [6.45, 7) is 0.296. The Bertz CT molecular complexity index is 1470. The number of hydrogen-bond donors (Lipinski definition) is 2. The van der Waals surface area contributed by atoms with Crippen LogP contribution in [0.3, 0.4) is 0 Å². The first-order chi connectivity index (χ1) is 18.4. The number of rotatable bonds is 10. The van der Waals surface area contributed by atoms with Crippen molar-refractivity contribution in [2.45, 2.75) is 18.8 Å². The number of aromatic hydroxyl groups is 1. The van der Waals surface area contributed by atoms with Gasteiger partial charge in [0.2, 0.25) is 11.7 Å². The molecule has 0 aliphatic carbocycles. The van der Waals surface area contributed by atoms with Crippen molar-refractivity contribution in [1.82, 2.24) is 5.32 Å². The highest BCUT2D eigenvalue weighted by atomic mass is 19.1. The highest BCUT2D eigenvalue weighted by molar-refractivity contribution is 5.85. The number of amides is 1. The first-order valence-corrected chi connectivity index (χ1v) is 11.9. The number of halogens is 1. The fourth-order valence-electron chi connectivity index (χ4n) is 4.40. The van der Waals surface area contributed by atoms with Gasteiger partial charge in [-0.05, 0) is 53.9 Å². The maximum atomic E-state index is 13.2. The first kappa shape index (κ1) is 26.5. The third kappa shape index (κ3) is 5.56. The van der Waals surface area contributed by atoms with Gasteiger partial charge in [0.05, 0.1) is 32.3 Å². The van der Waals surface area contributed by atoms with Crippen LogP contribution in [-0.2, 0) is 11.2 Å². The van der Waals surface area contributed by atoms with Crippen molar-refractivity contribution in [2.24, 2.45) is 0 Å². The Morgan fingerprint density at radius 1 is 1.00 bits per heavy atom. The lowest BCUT2D eigenvalue weighted by Gasteiger charge is -2.21. The van der Waals surface area contributed by atoms with Crippen LogP contribution in [-0.4, -0.2) is 38.9 Å². The fraction of sp³-hybridized carbons (Fsp3) is 0.241. The molecule has 0 spiro atoms. The molecule has 3 aromatic carbocycles. The quantitative estimate of drug-likeness (QED) is 0.295. The molecule has 4 rings (SSSR count). The Hall–Kier alpha value is -4.53. The molecule has 1 aromatic heterocycles. The van der Waals surface area contributed by atoms with E-state index in [1.165, 1.54) is 33.5 Å². The number of nitrogens with one attached hydrogen (secondary N) is 1. The van der Waals surface area contributed by atoms with Gasteiger partial charge in [-0.15, -0.1) is 0 Å². The summed E-state index contributed by atoms with van der Waals surface area (Å²) < 4.78 is 35.0. The Morgan fingerprint density at radius 3 is 2.29 bits per heavy atom. The molecule has 0 saturated carbocycles. The lowest BCUT2D eigenvalue weighted by molar-refractivity contribution is -0.121. The fourth-order valence-corrected chi connectivity index (χ4v) is 4.40. The van der Waals surface area contributed by atoms with E-state index in [4.69, 9.17) is 18.6 Å². The summed E-state index contributed by atoms with van der Waals surface area (Å²) >= 11 is 0. The van der Waals surface area contributed by atoms with Gasteiger partial charge in [-0.3, -0.25) is 4.79 Å². The van der Waals surface area contributed by atoms with E-state index < -0.39 is 11.5 Å². The van der Waals surface area contributed by atoms with Crippen molar-refractivity contribution >= 4 is 16.9 Å². The average molecular weight is 522 g/mol. The van der Waals surface area contributed by atoms with Crippen molar-refractivity contribution in [1.29, 1.82) is 0 Å². The number of fused-ring (bicyclic) bond motifs is 1. The Kier molecular flexibility index (Phi) is 8.15. The van der Waals surface area contributed by atoms with Crippen molar-refractivity contribution in [3.8, 4) is 23.0 Å². The summed E-state index contributed by atoms with van der Waals surface area (Å²) in [5, 5.41) is 14.3. The average Bonchev–Trinajstić information content (AvgIpc) is 2.92. The number of hydrogen-bond acceptors (Lipinski definition) is 7. The second-order valence-corrected chi connectivity index (χ2v) is 8.59. The minimum Gasteiger partial charge on any atom is -0.507 e. The van der Waals surface area contributed by atoms with Gasteiger partial charge in [-0.25, -0.2) is 9.18 Å². The van der Waals surface area contributed by atoms with Crippen LogP contribution < -0.4 is 25.2 Å². The molecule has 0 aliphatic heterocycles. The molecule has 8 nitrogen and oxygen atoms in total. The number of ether oxygens (including phenoxy) is 3. The number of para-hydroxylation sites is 1. The van der Waals surface area contributed by atoms with Crippen molar-refractivity contribution in [2.75, 3.05) is 27.9 Å². The molecule has 0 aliphatic rings. The first-order valence-electron chi connectivity index (χ1n) is 11.9. The number of carbonyl (C=O) groups excluding carboxylic acids is 1. The van der Waals surface area contributed by atoms with E-state index in [0.29, 0.717) is 41.2 Å². The molecular formula is C29H28FNO7. The molecule has 198 valence electrons. The zero-order chi connectivity index (χ0) is 27.2. The van der Waals surface area contributed by atoms with Crippen LogP contribution >= 0.6 is 0 Å². The molecule has 0 fully saturated rings. The number of carbonyl (C=O) groups is 1. The lowest BCUT2D eigenvalue weighted by Crippen LogP contribution is -2.28. The Balaban J connectivity index is 1.72. The second kappa shape index (κ2) is 11.7. The van der Waals surface area contributed by atoms with Crippen LogP contribution in [0.5, 0.6) is 23.0 Å². The monoisotopic (exact) mass is 521 g/mol. The summed E-state index contributed by atoms with van der Waals surface area (Å²) in [7, 11) is 4.38. The third-order valence-corrected chi connectivity index (χ3v) is 6.30. The van der Waals surface area contributed by atoms with E-state index in [9.17, 15) is 19.1 Å². The highest BCUT2D eigenvalue weighted by Crippen LogP contribution is 2.43. The Labute approximate surface area is 218 Å². The summed E-state index contributed by atoms with van der Waals surface area (Å²) in [5.41, 5.74) is 0.739. The van der Waals surface area contributed by atoms with Crippen molar-refractivity contribution in [3.63, 3.8) is 0 Å². The summed E-state index contributed by atoms with van der Waals surface area (Å²) in [5.74, 6) is -0.875. The van der Waals surface area contributed by atoms with Crippen LogP contribution in [0.15, 0.2) is 69.9 Å². The van der Waals surface area contributed by atoms with E-state index in [2.05, 4.69) is 5.32 Å². The molecular weight excluding hydrogens is 493 g/mol. The SMILES string of the molecule is COc1cc([C@H](CC(=O)NCCc2ccc(F)cc2)c2c(O)c3ccccc3oc2=O)cc(OC)c1OC. The standard InChI is InChI=1S/C29H28FNO7/c1-35-23-14-18(15-24(36-2)28(23)37-3)21(16-25(32)31-13-12-17-8-10-19(30)11-9-17)26-27(33)20-6-4-5-7-22(20)38-29(26)34/h4-11,14-15,21,33H,12-13,16H2,1-3H3,(H,31,32)/t21-/m0/s1. The van der Waals surface area contributed by atoms with Gasteiger partial charge < -0.3 is 29.1 Å². The van der Waals surface area contributed by atoms with E-state index >= 15 is 0 Å². The van der Waals surface area contributed by atoms with Gasteiger partial charge in [0.15, 0.2) is 11.5 Å². The predicted molar refractivity (Wildman–Crippen MR) is 140 cm³/mol. The normalized spacial score (nSPS) is 11.7. The van der Waals surface area contributed by atoms with Gasteiger partial charge in [0.1, 0.15) is 17.1 Å². The molecule has 1 amide bonds. The summed E-state index contributed by atoms with van der Waals surface area (Å²) in [6, 6.07) is 15.9. The van der Waals surface area contributed by atoms with Gasteiger partial charge in [0, 0.05) is 18.9 Å². The topological polar surface area (TPSA) is 107 Å². The van der Waals surface area contributed by atoms with Crippen LogP contribution in [0.25, 0.3) is 11.0 Å². The van der Waals surface area contributed by atoms with Crippen molar-refractivity contribution in [3.05, 3.63) is 93.6 Å². The molecule has 4 aromatic rings. The minimum atomic E-state index is -0.907. The van der Waals surface area contributed by atoms with E-state index in [-0.39, 0.29) is 35.0 Å². The molecule has 38 heavy (non-hydrogen) atoms. The summed E-state index contributed by atoms with van der Waals surface area (Å²) in [4.78, 5) is 26.2. The second-order valence-electron chi connectivity index (χ2n) is 8.59. The highest BCUT2D eigenvalue weighted by Gasteiger charge is 2.29. The molecule has 9 heteroatoms. The van der Waals surface area contributed by atoms with Crippen LogP contribution in [0.1, 0.15) is 29.0 Å². The van der Waals surface area contributed by atoms with Gasteiger partial charge >= 0.3 is 5.63 Å². The van der Waals surface area contributed by atoms with Crippen LogP contribution in [0, 0.1) is 5.82 Å². The third-order valence-electron chi connectivity index (χ3n) is 6.30. The van der Waals surface area contributed by atoms with Crippen LogP contribution in [0.2, 0.25) is 0 Å². The molecule has 0 unspecified atom stereocenters. The molecule has 0 radical (unpaired) electrons. The maximum absolute atomic E-state index is 13.2. The number of benzene rings is 3. The zero-order valence-electron chi connectivity index (χ0n) is 21.2. The molecule has 1 atom stereocenters. The van der Waals surface area contributed by atoms with Gasteiger partial charge in [-0.2, -0.15) is 0 Å². The smallest absolute Gasteiger partial charge is 0.343 e. The summed E-state index contributed by atoms with van der Waals surface area (Å²) in [6.07, 6.45) is 0.308. The number of methoxy groups -OCH3 is 3. The molecule has 0 saturated heterocycles. The largest absolute Gasteiger partial charge is 0.507 e. The molecule has 2 N–H and O–H groups in total. The Morgan fingerprint density at radius 2 is 1.66 bits per heavy atom. The molecule has 1 heterocycles. The van der Waals surface area contributed by atoms with Gasteiger partial charge in [-0.1, -0.05) is 24.3 Å². The zero-order valence-corrected chi connectivity index (χ0v) is 21.2. The predicted octanol–water partition coefficient (Wildman–Crippen LogP) is 4.54. The van der Waals surface area contributed by atoms with E-state index in [1.807, 2.05) is 0 Å². The molecule has 0 bridgehead atoms. The van der Waals surface area contributed by atoms with Gasteiger partial charge in [0.25, 0.3) is 0 Å².